The van der Waals surface area contributed by atoms with E-state index < -0.39 is 0 Å². The van der Waals surface area contributed by atoms with E-state index in [-0.39, 0.29) is 0 Å². The first-order chi connectivity index (χ1) is 10.8. The van der Waals surface area contributed by atoms with Gasteiger partial charge in [0, 0.05) is 18.0 Å². The lowest BCUT2D eigenvalue weighted by Crippen LogP contribution is -1.98. The van der Waals surface area contributed by atoms with Gasteiger partial charge < -0.3 is 4.74 Å². The average molecular weight is 298 g/mol. The molecule has 1 aromatic carbocycles. The fraction of sp³-hybridized carbons (Fsp3) is 0.474. The third-order valence-electron chi connectivity index (χ3n) is 3.99. The minimum Gasteiger partial charge on any atom is -0.494 e. The van der Waals surface area contributed by atoms with Crippen LogP contribution in [-0.4, -0.2) is 16.6 Å². The minimum absolute atomic E-state index is 0.749. The quantitative estimate of drug-likeness (QED) is 0.602. The molecule has 0 aliphatic carbocycles. The summed E-state index contributed by atoms with van der Waals surface area (Å²) in [6, 6.07) is 9.82. The molecule has 0 fully saturated rings. The van der Waals surface area contributed by atoms with Crippen LogP contribution in [-0.2, 0) is 0 Å². The minimum atomic E-state index is 0.749. The molecule has 0 aliphatic rings. The lowest BCUT2D eigenvalue weighted by atomic mass is 10.0. The maximum atomic E-state index is 5.79. The van der Waals surface area contributed by atoms with E-state index in [1.54, 1.807) is 12.4 Å². The third-order valence-corrected chi connectivity index (χ3v) is 3.99. The molecule has 1 atom stereocenters. The van der Waals surface area contributed by atoms with Crippen LogP contribution in [0.3, 0.4) is 0 Å². The van der Waals surface area contributed by atoms with Crippen LogP contribution in [0, 0.1) is 5.92 Å². The Balaban J connectivity index is 1.69. The molecule has 1 heterocycles. The molecule has 118 valence electrons. The van der Waals surface area contributed by atoms with Gasteiger partial charge >= 0.3 is 0 Å². The summed E-state index contributed by atoms with van der Waals surface area (Å²) in [4.78, 5) is 8.49. The first kappa shape index (κ1) is 16.5. The number of nitrogens with zero attached hydrogens (tertiary/aromatic N) is 2. The van der Waals surface area contributed by atoms with Crippen molar-refractivity contribution in [1.29, 1.82) is 0 Å². The molecule has 0 amide bonds. The second kappa shape index (κ2) is 9.19. The number of hydrogen-bond acceptors (Lipinski definition) is 3. The van der Waals surface area contributed by atoms with Gasteiger partial charge in [0.05, 0.1) is 6.61 Å². The standard InChI is InChI=1S/C19H26N2O/c1-3-16(2)8-5-4-6-15-22-18-11-9-17(10-12-18)19-20-13-7-14-21-19/h7,9-14,16H,3-6,8,15H2,1-2H3. The van der Waals surface area contributed by atoms with Gasteiger partial charge in [-0.1, -0.05) is 39.5 Å². The van der Waals surface area contributed by atoms with E-state index in [0.717, 1.165) is 36.1 Å². The summed E-state index contributed by atoms with van der Waals surface area (Å²) in [5, 5.41) is 0. The van der Waals surface area contributed by atoms with Crippen LogP contribution in [0.15, 0.2) is 42.7 Å². The highest BCUT2D eigenvalue weighted by molar-refractivity contribution is 5.55. The second-order valence-corrected chi connectivity index (χ2v) is 5.81. The van der Waals surface area contributed by atoms with Gasteiger partial charge in [0.25, 0.3) is 0 Å². The number of aromatic nitrogens is 2. The average Bonchev–Trinajstić information content (AvgIpc) is 2.59. The lowest BCUT2D eigenvalue weighted by molar-refractivity contribution is 0.302. The molecule has 1 unspecified atom stereocenters. The predicted octanol–water partition coefficient (Wildman–Crippen LogP) is 5.13. The Bertz CT molecular complexity index is 525. The maximum absolute atomic E-state index is 5.79. The molecule has 0 N–H and O–H groups in total. The highest BCUT2D eigenvalue weighted by Crippen LogP contribution is 2.19. The normalized spacial score (nSPS) is 12.1. The molecule has 2 aromatic rings. The maximum Gasteiger partial charge on any atom is 0.159 e. The summed E-state index contributed by atoms with van der Waals surface area (Å²) in [5.74, 6) is 2.52. The second-order valence-electron chi connectivity index (χ2n) is 5.81. The van der Waals surface area contributed by atoms with Crippen molar-refractivity contribution in [2.45, 2.75) is 46.0 Å². The fourth-order valence-corrected chi connectivity index (χ4v) is 2.31. The van der Waals surface area contributed by atoms with Crippen LogP contribution >= 0.6 is 0 Å². The van der Waals surface area contributed by atoms with Crippen LogP contribution in [0.2, 0.25) is 0 Å². The Kier molecular flexibility index (Phi) is 6.88. The molecule has 0 saturated heterocycles. The van der Waals surface area contributed by atoms with Crippen molar-refractivity contribution in [3.8, 4) is 17.1 Å². The fourth-order valence-electron chi connectivity index (χ4n) is 2.31. The Hall–Kier alpha value is -1.90. The van der Waals surface area contributed by atoms with Gasteiger partial charge in [-0.15, -0.1) is 0 Å². The third kappa shape index (κ3) is 5.47. The summed E-state index contributed by atoms with van der Waals surface area (Å²) in [5.41, 5.74) is 1.02. The van der Waals surface area contributed by atoms with Gasteiger partial charge in [0.1, 0.15) is 5.75 Å². The first-order valence-electron chi connectivity index (χ1n) is 8.30. The Morgan fingerprint density at radius 3 is 2.41 bits per heavy atom. The van der Waals surface area contributed by atoms with E-state index in [1.807, 2.05) is 30.3 Å². The van der Waals surface area contributed by atoms with Crippen molar-refractivity contribution >= 4 is 0 Å². The number of benzene rings is 1. The van der Waals surface area contributed by atoms with E-state index in [9.17, 15) is 0 Å². The molecule has 3 nitrogen and oxygen atoms in total. The van der Waals surface area contributed by atoms with Gasteiger partial charge in [-0.25, -0.2) is 9.97 Å². The molecule has 3 heteroatoms. The van der Waals surface area contributed by atoms with E-state index in [2.05, 4.69) is 23.8 Å². The number of ether oxygens (including phenoxy) is 1. The topological polar surface area (TPSA) is 35.0 Å². The van der Waals surface area contributed by atoms with Crippen LogP contribution < -0.4 is 4.74 Å². The summed E-state index contributed by atoms with van der Waals surface area (Å²) in [6.07, 6.45) is 9.82. The van der Waals surface area contributed by atoms with Crippen LogP contribution in [0.4, 0.5) is 0 Å². The molecule has 0 bridgehead atoms. The molecule has 0 aliphatic heterocycles. The first-order valence-corrected chi connectivity index (χ1v) is 8.30. The van der Waals surface area contributed by atoms with Crippen molar-refractivity contribution in [3.63, 3.8) is 0 Å². The van der Waals surface area contributed by atoms with Crippen molar-refractivity contribution in [1.82, 2.24) is 9.97 Å². The van der Waals surface area contributed by atoms with Gasteiger partial charge in [-0.2, -0.15) is 0 Å². The molecule has 2 rings (SSSR count). The zero-order chi connectivity index (χ0) is 15.6. The highest BCUT2D eigenvalue weighted by Gasteiger charge is 2.01. The van der Waals surface area contributed by atoms with Crippen molar-refractivity contribution in [3.05, 3.63) is 42.7 Å². The van der Waals surface area contributed by atoms with Crippen LogP contribution in [0.25, 0.3) is 11.4 Å². The highest BCUT2D eigenvalue weighted by atomic mass is 16.5. The molecular formula is C19H26N2O. The zero-order valence-electron chi connectivity index (χ0n) is 13.7. The smallest absolute Gasteiger partial charge is 0.159 e. The van der Waals surface area contributed by atoms with Crippen LogP contribution in [0.5, 0.6) is 5.75 Å². The predicted molar refractivity (Wildman–Crippen MR) is 90.9 cm³/mol. The van der Waals surface area contributed by atoms with E-state index in [1.165, 1.54) is 25.7 Å². The summed E-state index contributed by atoms with van der Waals surface area (Å²) in [7, 11) is 0. The van der Waals surface area contributed by atoms with Crippen molar-refractivity contribution in [2.24, 2.45) is 5.92 Å². The largest absolute Gasteiger partial charge is 0.494 e. The number of hydrogen-bond donors (Lipinski definition) is 0. The Morgan fingerprint density at radius 1 is 1.00 bits per heavy atom. The summed E-state index contributed by atoms with van der Waals surface area (Å²) >= 11 is 0. The van der Waals surface area contributed by atoms with E-state index >= 15 is 0 Å². The molecule has 0 spiro atoms. The van der Waals surface area contributed by atoms with Gasteiger partial charge in [-0.05, 0) is 42.7 Å². The monoisotopic (exact) mass is 298 g/mol. The number of unbranched alkanes of at least 4 members (excludes halogenated alkanes) is 2. The van der Waals surface area contributed by atoms with Crippen LogP contribution in [0.1, 0.15) is 46.0 Å². The molecule has 1 aromatic heterocycles. The molecule has 0 saturated carbocycles. The van der Waals surface area contributed by atoms with Gasteiger partial charge in [-0.3, -0.25) is 0 Å². The summed E-state index contributed by atoms with van der Waals surface area (Å²) < 4.78 is 5.79. The summed E-state index contributed by atoms with van der Waals surface area (Å²) in [6.45, 7) is 5.38. The van der Waals surface area contributed by atoms with Gasteiger partial charge in [0.15, 0.2) is 5.82 Å². The van der Waals surface area contributed by atoms with Crippen molar-refractivity contribution in [2.75, 3.05) is 6.61 Å². The zero-order valence-corrected chi connectivity index (χ0v) is 13.7. The molecule has 22 heavy (non-hydrogen) atoms. The van der Waals surface area contributed by atoms with E-state index in [0.29, 0.717) is 0 Å². The SMILES string of the molecule is CCC(C)CCCCCOc1ccc(-c2ncccn2)cc1. The van der Waals surface area contributed by atoms with Gasteiger partial charge in [0.2, 0.25) is 0 Å². The Morgan fingerprint density at radius 2 is 1.73 bits per heavy atom. The lowest BCUT2D eigenvalue weighted by Gasteiger charge is -2.09. The molecular weight excluding hydrogens is 272 g/mol. The van der Waals surface area contributed by atoms with Crippen molar-refractivity contribution < 1.29 is 4.74 Å². The number of rotatable bonds is 9. The van der Waals surface area contributed by atoms with E-state index in [4.69, 9.17) is 4.74 Å². The Labute approximate surface area is 133 Å². The molecule has 0 radical (unpaired) electrons.